The molecule has 0 spiro atoms. The third-order valence-corrected chi connectivity index (χ3v) is 2.54. The first-order valence-corrected chi connectivity index (χ1v) is 6.47. The fourth-order valence-corrected chi connectivity index (χ4v) is 1.76. The van der Waals surface area contributed by atoms with Gasteiger partial charge in [-0.15, -0.1) is 0 Å². The number of hydrogen-bond acceptors (Lipinski definition) is 3. The quantitative estimate of drug-likeness (QED) is 0.890. The smallest absolute Gasteiger partial charge is 0.412 e. The number of amides is 1. The number of nitrogens with one attached hydrogen (secondary N) is 1. The van der Waals surface area contributed by atoms with Crippen LogP contribution in [0.4, 0.5) is 10.5 Å². The van der Waals surface area contributed by atoms with E-state index in [0.29, 0.717) is 11.3 Å². The van der Waals surface area contributed by atoms with Gasteiger partial charge < -0.3 is 9.84 Å². The molecule has 0 unspecified atom stereocenters. The van der Waals surface area contributed by atoms with Crippen LogP contribution >= 0.6 is 15.9 Å². The maximum atomic E-state index is 11.7. The van der Waals surface area contributed by atoms with Crippen molar-refractivity contribution in [2.45, 2.75) is 32.8 Å². The van der Waals surface area contributed by atoms with Crippen LogP contribution in [0, 0.1) is 0 Å². The number of carboxylic acid groups (broad SMARTS) is 1. The Morgan fingerprint density at radius 1 is 1.37 bits per heavy atom. The number of hydrogen-bond donors (Lipinski definition) is 2. The minimum Gasteiger partial charge on any atom is -0.481 e. The highest BCUT2D eigenvalue weighted by atomic mass is 79.9. The van der Waals surface area contributed by atoms with Crippen molar-refractivity contribution in [3.05, 3.63) is 28.2 Å². The Balaban J connectivity index is 2.89. The first kappa shape index (κ1) is 15.5. The zero-order valence-electron chi connectivity index (χ0n) is 11.0. The summed E-state index contributed by atoms with van der Waals surface area (Å²) in [5.41, 5.74) is 0.329. The van der Waals surface area contributed by atoms with Gasteiger partial charge in [0, 0.05) is 10.2 Å². The molecule has 0 fully saturated rings. The number of aliphatic carboxylic acids is 1. The van der Waals surface area contributed by atoms with Crippen LogP contribution in [0.25, 0.3) is 0 Å². The van der Waals surface area contributed by atoms with E-state index in [1.54, 1.807) is 39.0 Å². The molecule has 6 heteroatoms. The van der Waals surface area contributed by atoms with Crippen molar-refractivity contribution >= 4 is 33.7 Å². The molecule has 1 aromatic carbocycles. The van der Waals surface area contributed by atoms with Crippen molar-refractivity contribution < 1.29 is 19.4 Å². The lowest BCUT2D eigenvalue weighted by atomic mass is 10.1. The van der Waals surface area contributed by atoms with Crippen LogP contribution in [-0.2, 0) is 16.0 Å². The Bertz CT molecular complexity index is 494. The summed E-state index contributed by atoms with van der Waals surface area (Å²) in [4.78, 5) is 22.4. The lowest BCUT2D eigenvalue weighted by Crippen LogP contribution is -2.27. The minimum atomic E-state index is -0.963. The Morgan fingerprint density at radius 3 is 2.53 bits per heavy atom. The summed E-state index contributed by atoms with van der Waals surface area (Å²) in [6.07, 6.45) is -0.782. The normalized spacial score (nSPS) is 10.9. The summed E-state index contributed by atoms with van der Waals surface area (Å²) in [6, 6.07) is 5.01. The van der Waals surface area contributed by atoms with Crippen LogP contribution in [0.5, 0.6) is 0 Å². The molecule has 1 aromatic rings. The van der Waals surface area contributed by atoms with E-state index in [0.717, 1.165) is 4.47 Å². The molecular formula is C13H16BrNO4. The van der Waals surface area contributed by atoms with E-state index in [4.69, 9.17) is 9.84 Å². The fraction of sp³-hybridized carbons (Fsp3) is 0.385. The van der Waals surface area contributed by atoms with Gasteiger partial charge in [0.05, 0.1) is 6.42 Å². The lowest BCUT2D eigenvalue weighted by Gasteiger charge is -2.20. The number of ether oxygens (including phenoxy) is 1. The van der Waals surface area contributed by atoms with Crippen LogP contribution in [0.1, 0.15) is 26.3 Å². The average molecular weight is 330 g/mol. The molecule has 0 atom stereocenters. The maximum Gasteiger partial charge on any atom is 0.412 e. The predicted octanol–water partition coefficient (Wildman–Crippen LogP) is 3.42. The zero-order valence-corrected chi connectivity index (χ0v) is 12.6. The maximum absolute atomic E-state index is 11.7. The summed E-state index contributed by atoms with van der Waals surface area (Å²) in [5, 5.41) is 11.4. The second-order valence-corrected chi connectivity index (χ2v) is 5.91. The fourth-order valence-electron chi connectivity index (χ4n) is 1.40. The molecule has 0 aliphatic carbocycles. The topological polar surface area (TPSA) is 75.6 Å². The number of anilines is 1. The highest BCUT2D eigenvalue weighted by Gasteiger charge is 2.17. The van der Waals surface area contributed by atoms with Crippen molar-refractivity contribution in [1.29, 1.82) is 0 Å². The molecule has 2 N–H and O–H groups in total. The van der Waals surface area contributed by atoms with E-state index in [1.807, 2.05) is 0 Å². The van der Waals surface area contributed by atoms with Crippen LogP contribution in [0.15, 0.2) is 22.7 Å². The van der Waals surface area contributed by atoms with Gasteiger partial charge in [-0.1, -0.05) is 22.0 Å². The van der Waals surface area contributed by atoms with Crippen LogP contribution in [-0.4, -0.2) is 22.8 Å². The van der Waals surface area contributed by atoms with Gasteiger partial charge in [0.15, 0.2) is 0 Å². The monoisotopic (exact) mass is 329 g/mol. The second kappa shape index (κ2) is 6.06. The van der Waals surface area contributed by atoms with Gasteiger partial charge in [-0.3, -0.25) is 10.1 Å². The third kappa shape index (κ3) is 5.74. The Labute approximate surface area is 120 Å². The Kier molecular flexibility index (Phi) is 4.94. The van der Waals surface area contributed by atoms with Gasteiger partial charge in [0.1, 0.15) is 5.60 Å². The van der Waals surface area contributed by atoms with Crippen LogP contribution in [0.3, 0.4) is 0 Å². The summed E-state index contributed by atoms with van der Waals surface area (Å²) in [5.74, 6) is -0.963. The molecule has 0 aliphatic rings. The molecule has 0 aromatic heterocycles. The third-order valence-electron chi connectivity index (χ3n) is 2.05. The average Bonchev–Trinajstić information content (AvgIpc) is 2.18. The van der Waals surface area contributed by atoms with Crippen molar-refractivity contribution in [2.24, 2.45) is 0 Å². The van der Waals surface area contributed by atoms with E-state index < -0.39 is 17.7 Å². The Morgan fingerprint density at radius 2 is 2.00 bits per heavy atom. The van der Waals surface area contributed by atoms with E-state index in [2.05, 4.69) is 21.2 Å². The Hall–Kier alpha value is -1.56. The number of benzene rings is 1. The highest BCUT2D eigenvalue weighted by Crippen LogP contribution is 2.23. The van der Waals surface area contributed by atoms with Crippen LogP contribution < -0.4 is 5.32 Å². The number of carboxylic acids is 1. The number of carbonyl (C=O) groups excluding carboxylic acids is 1. The highest BCUT2D eigenvalue weighted by molar-refractivity contribution is 9.10. The molecular weight excluding hydrogens is 314 g/mol. The molecule has 0 saturated heterocycles. The van der Waals surface area contributed by atoms with E-state index >= 15 is 0 Å². The van der Waals surface area contributed by atoms with Gasteiger partial charge >= 0.3 is 12.1 Å². The molecule has 19 heavy (non-hydrogen) atoms. The SMILES string of the molecule is CC(C)(C)OC(=O)Nc1cc(Br)ccc1CC(=O)O. The van der Waals surface area contributed by atoms with Gasteiger partial charge in [0.2, 0.25) is 0 Å². The molecule has 1 rings (SSSR count). The molecule has 0 radical (unpaired) electrons. The second-order valence-electron chi connectivity index (χ2n) is 5.00. The van der Waals surface area contributed by atoms with Gasteiger partial charge in [-0.05, 0) is 38.5 Å². The largest absolute Gasteiger partial charge is 0.481 e. The predicted molar refractivity (Wildman–Crippen MR) is 75.3 cm³/mol. The van der Waals surface area contributed by atoms with E-state index in [9.17, 15) is 9.59 Å². The lowest BCUT2D eigenvalue weighted by molar-refractivity contribution is -0.136. The van der Waals surface area contributed by atoms with Crippen molar-refractivity contribution in [1.82, 2.24) is 0 Å². The first-order chi connectivity index (χ1) is 8.67. The summed E-state index contributed by atoms with van der Waals surface area (Å²) >= 11 is 3.27. The van der Waals surface area contributed by atoms with Crippen molar-refractivity contribution in [3.8, 4) is 0 Å². The van der Waals surface area contributed by atoms with Crippen molar-refractivity contribution in [3.63, 3.8) is 0 Å². The standard InChI is InChI=1S/C13H16BrNO4/c1-13(2,3)19-12(18)15-10-7-9(14)5-4-8(10)6-11(16)17/h4-5,7H,6H2,1-3H3,(H,15,18)(H,16,17). The molecule has 0 saturated carbocycles. The van der Waals surface area contributed by atoms with Crippen molar-refractivity contribution in [2.75, 3.05) is 5.32 Å². The summed E-state index contributed by atoms with van der Waals surface area (Å²) < 4.78 is 5.87. The molecule has 0 bridgehead atoms. The summed E-state index contributed by atoms with van der Waals surface area (Å²) in [6.45, 7) is 5.27. The minimum absolute atomic E-state index is 0.168. The number of halogens is 1. The molecule has 0 aliphatic heterocycles. The zero-order chi connectivity index (χ0) is 14.6. The number of rotatable bonds is 3. The first-order valence-electron chi connectivity index (χ1n) is 5.67. The molecule has 1 amide bonds. The summed E-state index contributed by atoms with van der Waals surface area (Å²) in [7, 11) is 0. The van der Waals surface area contributed by atoms with E-state index in [1.165, 1.54) is 0 Å². The molecule has 0 heterocycles. The number of carbonyl (C=O) groups is 2. The van der Waals surface area contributed by atoms with Crippen LogP contribution in [0.2, 0.25) is 0 Å². The molecule has 104 valence electrons. The van der Waals surface area contributed by atoms with Gasteiger partial charge in [-0.25, -0.2) is 4.79 Å². The van der Waals surface area contributed by atoms with Gasteiger partial charge in [0.25, 0.3) is 0 Å². The van der Waals surface area contributed by atoms with E-state index in [-0.39, 0.29) is 6.42 Å². The molecule has 5 nitrogen and oxygen atoms in total. The van der Waals surface area contributed by atoms with Gasteiger partial charge in [-0.2, -0.15) is 0 Å².